The van der Waals surface area contributed by atoms with Crippen molar-refractivity contribution < 1.29 is 32.3 Å². The van der Waals surface area contributed by atoms with Crippen molar-refractivity contribution in [3.05, 3.63) is 54.2 Å². The fourth-order valence-electron chi connectivity index (χ4n) is 3.54. The first kappa shape index (κ1) is 28.4. The lowest BCUT2D eigenvalue weighted by Gasteiger charge is -2.10. The molecular weight excluding hydrogens is 546 g/mol. The SMILES string of the molecule is C=C(N)COc1ccc2nc(NC(=O)/C(=N/O[C@@H]3CCOC3)c3ccc(S(=O)(=O)CCCOC)cc3)sc2n1. The molecule has 0 saturated carbocycles. The molecule has 0 spiro atoms. The zero-order valence-corrected chi connectivity index (χ0v) is 22.9. The Balaban J connectivity index is 1.54. The summed E-state index contributed by atoms with van der Waals surface area (Å²) < 4.78 is 40.9. The largest absolute Gasteiger partial charge is 0.471 e. The number of hydrogen-bond donors (Lipinski definition) is 2. The fourth-order valence-corrected chi connectivity index (χ4v) is 5.65. The van der Waals surface area contributed by atoms with Crippen molar-refractivity contribution in [1.29, 1.82) is 0 Å². The first-order valence-electron chi connectivity index (χ1n) is 12.0. The number of nitrogens with two attached hydrogens (primary N) is 1. The van der Waals surface area contributed by atoms with Crippen LogP contribution in [0.4, 0.5) is 5.13 Å². The van der Waals surface area contributed by atoms with Crippen molar-refractivity contribution >= 4 is 48.3 Å². The van der Waals surface area contributed by atoms with Crippen molar-refractivity contribution in [3.8, 4) is 5.88 Å². The molecule has 1 aliphatic rings. The Hall–Kier alpha value is -3.59. The number of thiazole rings is 1. The first-order chi connectivity index (χ1) is 18.7. The standard InChI is InChI=1S/C25H29N5O7S2/c1-16(26)14-36-21-9-8-20-24(28-21)38-25(27-20)29-23(31)22(30-37-18-10-12-35-15-18)17-4-6-19(7-5-17)39(32,33)13-3-11-34-2/h4-9,18H,1,3,10-15,26H2,2H3,(H,27,29,31)/b30-22+/t18-/m1/s1. The van der Waals surface area contributed by atoms with Crippen LogP contribution in [-0.2, 0) is 28.9 Å². The van der Waals surface area contributed by atoms with E-state index in [1.807, 2.05) is 0 Å². The Morgan fingerprint density at radius 1 is 1.26 bits per heavy atom. The van der Waals surface area contributed by atoms with E-state index in [2.05, 4.69) is 27.0 Å². The zero-order valence-electron chi connectivity index (χ0n) is 21.3. The molecule has 1 saturated heterocycles. The third kappa shape index (κ3) is 7.72. The van der Waals surface area contributed by atoms with Crippen LogP contribution < -0.4 is 15.8 Å². The summed E-state index contributed by atoms with van der Waals surface area (Å²) in [4.78, 5) is 28.3. The van der Waals surface area contributed by atoms with Gasteiger partial charge in [0, 0.05) is 37.5 Å². The molecule has 4 rings (SSSR count). The number of methoxy groups -OCH3 is 1. The summed E-state index contributed by atoms with van der Waals surface area (Å²) in [6.45, 7) is 4.96. The number of fused-ring (bicyclic) bond motifs is 1. The second-order valence-electron chi connectivity index (χ2n) is 8.61. The molecule has 3 N–H and O–H groups in total. The third-order valence-corrected chi connectivity index (χ3v) is 8.20. The number of aromatic nitrogens is 2. The van der Waals surface area contributed by atoms with Crippen LogP contribution in [0.1, 0.15) is 18.4 Å². The van der Waals surface area contributed by atoms with Crippen LogP contribution in [0, 0.1) is 0 Å². The summed E-state index contributed by atoms with van der Waals surface area (Å²) in [6.07, 6.45) is 0.727. The monoisotopic (exact) mass is 575 g/mol. The highest BCUT2D eigenvalue weighted by Crippen LogP contribution is 2.27. The van der Waals surface area contributed by atoms with E-state index in [-0.39, 0.29) is 34.2 Å². The van der Waals surface area contributed by atoms with Gasteiger partial charge in [-0.25, -0.2) is 18.4 Å². The number of nitrogens with zero attached hydrogens (tertiary/aromatic N) is 3. The molecule has 0 unspecified atom stereocenters. The number of amides is 1. The molecule has 1 fully saturated rings. The second kappa shape index (κ2) is 13.0. The molecule has 0 bridgehead atoms. The Labute approximate surface area is 229 Å². The average molecular weight is 576 g/mol. The lowest BCUT2D eigenvalue weighted by atomic mass is 10.1. The zero-order chi connectivity index (χ0) is 27.8. The topological polar surface area (TPSA) is 164 Å². The number of hydrogen-bond acceptors (Lipinski definition) is 12. The Morgan fingerprint density at radius 3 is 2.74 bits per heavy atom. The molecule has 1 atom stereocenters. The second-order valence-corrected chi connectivity index (χ2v) is 11.7. The van der Waals surface area contributed by atoms with Gasteiger partial charge in [0.05, 0.1) is 23.9 Å². The summed E-state index contributed by atoms with van der Waals surface area (Å²) >= 11 is 1.15. The number of rotatable bonds is 13. The third-order valence-electron chi connectivity index (χ3n) is 5.50. The molecule has 2 aromatic heterocycles. The van der Waals surface area contributed by atoms with Crippen molar-refractivity contribution in [2.24, 2.45) is 10.9 Å². The lowest BCUT2D eigenvalue weighted by molar-refractivity contribution is -0.110. The number of ether oxygens (including phenoxy) is 3. The smallest absolute Gasteiger partial charge is 0.280 e. The molecule has 1 aliphatic heterocycles. The maximum Gasteiger partial charge on any atom is 0.280 e. The highest BCUT2D eigenvalue weighted by molar-refractivity contribution is 7.91. The van der Waals surface area contributed by atoms with Crippen LogP contribution in [0.2, 0.25) is 0 Å². The summed E-state index contributed by atoms with van der Waals surface area (Å²) in [6, 6.07) is 9.28. The predicted molar refractivity (Wildman–Crippen MR) is 147 cm³/mol. The summed E-state index contributed by atoms with van der Waals surface area (Å²) in [5.74, 6) is -0.284. The van der Waals surface area contributed by atoms with Crippen LogP contribution in [0.3, 0.4) is 0 Å². The summed E-state index contributed by atoms with van der Waals surface area (Å²) in [7, 11) is -1.98. The molecule has 0 radical (unpaired) electrons. The van der Waals surface area contributed by atoms with Gasteiger partial charge in [-0.1, -0.05) is 35.2 Å². The Kier molecular flexibility index (Phi) is 9.45. The average Bonchev–Trinajstić information content (AvgIpc) is 3.57. The van der Waals surface area contributed by atoms with Gasteiger partial charge in [0.2, 0.25) is 5.88 Å². The Bertz CT molecular complexity index is 1450. The number of pyridine rings is 1. The van der Waals surface area contributed by atoms with Gasteiger partial charge in [0.15, 0.2) is 26.8 Å². The minimum absolute atomic E-state index is 0.0390. The number of oxime groups is 1. The molecule has 1 aromatic carbocycles. The van der Waals surface area contributed by atoms with Crippen molar-refractivity contribution in [3.63, 3.8) is 0 Å². The maximum atomic E-state index is 13.3. The number of anilines is 1. The minimum Gasteiger partial charge on any atom is -0.471 e. The van der Waals surface area contributed by atoms with Gasteiger partial charge in [0.1, 0.15) is 17.0 Å². The van der Waals surface area contributed by atoms with Crippen LogP contribution >= 0.6 is 11.3 Å². The van der Waals surface area contributed by atoms with E-state index in [1.54, 1.807) is 12.1 Å². The fraction of sp³-hybridized carbons (Fsp3) is 0.360. The van der Waals surface area contributed by atoms with E-state index in [9.17, 15) is 13.2 Å². The van der Waals surface area contributed by atoms with E-state index >= 15 is 0 Å². The highest BCUT2D eigenvalue weighted by atomic mass is 32.2. The molecule has 14 heteroatoms. The minimum atomic E-state index is -3.50. The van der Waals surface area contributed by atoms with Gasteiger partial charge >= 0.3 is 0 Å². The van der Waals surface area contributed by atoms with Crippen LogP contribution in [0.15, 0.2) is 58.7 Å². The number of carbonyl (C=O) groups is 1. The molecule has 208 valence electrons. The van der Waals surface area contributed by atoms with Crippen molar-refractivity contribution in [2.75, 3.05) is 44.6 Å². The first-order valence-corrected chi connectivity index (χ1v) is 14.5. The highest BCUT2D eigenvalue weighted by Gasteiger charge is 2.22. The summed E-state index contributed by atoms with van der Waals surface area (Å²) in [5.41, 5.74) is 6.80. The lowest BCUT2D eigenvalue weighted by Crippen LogP contribution is -2.25. The van der Waals surface area contributed by atoms with E-state index in [4.69, 9.17) is 24.8 Å². The van der Waals surface area contributed by atoms with Gasteiger partial charge in [-0.2, -0.15) is 0 Å². The summed E-state index contributed by atoms with van der Waals surface area (Å²) in [5, 5.41) is 7.14. The number of nitrogens with one attached hydrogen (secondary N) is 1. The van der Waals surface area contributed by atoms with E-state index in [1.165, 1.54) is 31.4 Å². The Morgan fingerprint density at radius 2 is 2.05 bits per heavy atom. The maximum absolute atomic E-state index is 13.3. The number of benzene rings is 1. The van der Waals surface area contributed by atoms with Crippen LogP contribution in [0.25, 0.3) is 10.3 Å². The van der Waals surface area contributed by atoms with Crippen LogP contribution in [0.5, 0.6) is 5.88 Å². The predicted octanol–water partition coefficient (Wildman–Crippen LogP) is 2.50. The quantitative estimate of drug-likeness (QED) is 0.176. The number of carbonyl (C=O) groups excluding carboxylic acids is 1. The van der Waals surface area contributed by atoms with Crippen LogP contribution in [-0.4, -0.2) is 75.4 Å². The number of sulfone groups is 1. The van der Waals surface area contributed by atoms with Gasteiger partial charge < -0.3 is 24.8 Å². The molecule has 39 heavy (non-hydrogen) atoms. The van der Waals surface area contributed by atoms with E-state index in [0.717, 1.165) is 11.3 Å². The normalized spacial score (nSPS) is 15.8. The molecule has 12 nitrogen and oxygen atoms in total. The molecule has 3 heterocycles. The molecule has 3 aromatic rings. The van der Waals surface area contributed by atoms with Crippen molar-refractivity contribution in [1.82, 2.24) is 9.97 Å². The van der Waals surface area contributed by atoms with E-state index < -0.39 is 15.7 Å². The molecule has 0 aliphatic carbocycles. The van der Waals surface area contributed by atoms with E-state index in [0.29, 0.717) is 60.1 Å². The van der Waals surface area contributed by atoms with Gasteiger partial charge in [-0.15, -0.1) is 0 Å². The van der Waals surface area contributed by atoms with Gasteiger partial charge in [-0.3, -0.25) is 10.1 Å². The van der Waals surface area contributed by atoms with Gasteiger partial charge in [-0.05, 0) is 24.6 Å². The van der Waals surface area contributed by atoms with Crippen molar-refractivity contribution in [2.45, 2.75) is 23.8 Å². The molecule has 1 amide bonds. The molecular formula is C25H29N5O7S2. The van der Waals surface area contributed by atoms with Gasteiger partial charge in [0.25, 0.3) is 5.91 Å².